The zero-order valence-corrected chi connectivity index (χ0v) is 11.3. The van der Waals surface area contributed by atoms with E-state index in [4.69, 9.17) is 0 Å². The van der Waals surface area contributed by atoms with Crippen LogP contribution in [-0.2, 0) is 6.54 Å². The first kappa shape index (κ1) is 13.3. The van der Waals surface area contributed by atoms with Crippen LogP contribution in [0, 0.1) is 5.82 Å². The first-order valence-electron chi connectivity index (χ1n) is 6.74. The zero-order valence-electron chi connectivity index (χ0n) is 11.3. The lowest BCUT2D eigenvalue weighted by molar-refractivity contribution is 0.0951. The normalized spacial score (nSPS) is 10.5. The fraction of sp³-hybridized carbons (Fsp3) is 0.0556. The Morgan fingerprint density at radius 2 is 1.62 bits per heavy atom. The summed E-state index contributed by atoms with van der Waals surface area (Å²) in [6, 6.07) is 19.7. The van der Waals surface area contributed by atoms with Crippen molar-refractivity contribution in [3.8, 4) is 0 Å². The van der Waals surface area contributed by atoms with E-state index in [0.717, 1.165) is 10.9 Å². The van der Waals surface area contributed by atoms with E-state index < -0.39 is 0 Å². The molecule has 1 N–H and O–H groups in total. The fourth-order valence-corrected chi connectivity index (χ4v) is 2.23. The molecule has 0 bridgehead atoms. The maximum Gasteiger partial charge on any atom is 0.251 e. The van der Waals surface area contributed by atoms with Crippen LogP contribution in [0.3, 0.4) is 0 Å². The Labute approximate surface area is 122 Å². The monoisotopic (exact) mass is 279 g/mol. The molecule has 3 rings (SSSR count). The predicted molar refractivity (Wildman–Crippen MR) is 81.5 cm³/mol. The highest BCUT2D eigenvalue weighted by Gasteiger charge is 2.05. The molecule has 0 aromatic heterocycles. The molecule has 0 saturated heterocycles. The largest absolute Gasteiger partial charge is 0.348 e. The number of fused-ring (bicyclic) bond motifs is 1. The van der Waals surface area contributed by atoms with Gasteiger partial charge in [-0.3, -0.25) is 4.79 Å². The summed E-state index contributed by atoms with van der Waals surface area (Å²) in [7, 11) is 0. The third-order valence-electron chi connectivity index (χ3n) is 3.37. The quantitative estimate of drug-likeness (QED) is 0.773. The molecule has 2 nitrogen and oxygen atoms in total. The van der Waals surface area contributed by atoms with Gasteiger partial charge in [-0.15, -0.1) is 0 Å². The molecule has 0 saturated carbocycles. The minimum absolute atomic E-state index is 0.205. The molecule has 3 aromatic rings. The van der Waals surface area contributed by atoms with E-state index in [2.05, 4.69) is 17.4 Å². The highest BCUT2D eigenvalue weighted by molar-refractivity contribution is 5.94. The van der Waals surface area contributed by atoms with Gasteiger partial charge >= 0.3 is 0 Å². The molecule has 104 valence electrons. The van der Waals surface area contributed by atoms with Crippen LogP contribution in [0.5, 0.6) is 0 Å². The molecule has 21 heavy (non-hydrogen) atoms. The van der Waals surface area contributed by atoms with Gasteiger partial charge in [-0.2, -0.15) is 0 Å². The molecule has 0 aliphatic carbocycles. The second kappa shape index (κ2) is 5.75. The maximum absolute atomic E-state index is 12.8. The molecule has 0 atom stereocenters. The number of carbonyl (C=O) groups excluding carboxylic acids is 1. The van der Waals surface area contributed by atoms with E-state index >= 15 is 0 Å². The van der Waals surface area contributed by atoms with Crippen LogP contribution >= 0.6 is 0 Å². The molecular weight excluding hydrogens is 265 g/mol. The Bertz CT molecular complexity index is 781. The number of nitrogens with one attached hydrogen (secondary N) is 1. The molecule has 0 spiro atoms. The Balaban J connectivity index is 1.71. The van der Waals surface area contributed by atoms with Crippen molar-refractivity contribution in [2.45, 2.75) is 6.54 Å². The average molecular weight is 279 g/mol. The summed E-state index contributed by atoms with van der Waals surface area (Å²) in [5.74, 6) is -0.552. The Morgan fingerprint density at radius 3 is 2.38 bits per heavy atom. The van der Waals surface area contributed by atoms with Crippen molar-refractivity contribution in [2.24, 2.45) is 0 Å². The first-order chi connectivity index (χ1) is 10.2. The molecule has 3 aromatic carbocycles. The van der Waals surface area contributed by atoms with Crippen LogP contribution in [0.4, 0.5) is 4.39 Å². The molecule has 0 unspecified atom stereocenters. The summed E-state index contributed by atoms with van der Waals surface area (Å²) >= 11 is 0. The lowest BCUT2D eigenvalue weighted by Crippen LogP contribution is -2.22. The lowest BCUT2D eigenvalue weighted by Gasteiger charge is -2.07. The van der Waals surface area contributed by atoms with Crippen LogP contribution < -0.4 is 5.32 Å². The van der Waals surface area contributed by atoms with Crippen molar-refractivity contribution in [3.05, 3.63) is 83.7 Å². The van der Waals surface area contributed by atoms with Crippen LogP contribution in [0.1, 0.15) is 15.9 Å². The van der Waals surface area contributed by atoms with Gasteiger partial charge in [0.2, 0.25) is 0 Å². The van der Waals surface area contributed by atoms with Gasteiger partial charge in [-0.1, -0.05) is 36.4 Å². The van der Waals surface area contributed by atoms with E-state index in [0.29, 0.717) is 12.1 Å². The number of rotatable bonds is 3. The third-order valence-corrected chi connectivity index (χ3v) is 3.37. The summed E-state index contributed by atoms with van der Waals surface area (Å²) in [6.45, 7) is 0.445. The Morgan fingerprint density at radius 1 is 0.905 bits per heavy atom. The average Bonchev–Trinajstić information content (AvgIpc) is 2.53. The molecule has 1 amide bonds. The van der Waals surface area contributed by atoms with Gasteiger partial charge in [0.05, 0.1) is 0 Å². The van der Waals surface area contributed by atoms with Gasteiger partial charge in [0, 0.05) is 12.1 Å². The van der Waals surface area contributed by atoms with Gasteiger partial charge in [0.1, 0.15) is 5.82 Å². The fourth-order valence-electron chi connectivity index (χ4n) is 2.23. The van der Waals surface area contributed by atoms with E-state index in [1.807, 2.05) is 30.3 Å². The highest BCUT2D eigenvalue weighted by Crippen LogP contribution is 2.15. The molecule has 0 aliphatic rings. The highest BCUT2D eigenvalue weighted by atomic mass is 19.1. The summed E-state index contributed by atoms with van der Waals surface area (Å²) in [5, 5.41) is 5.15. The number of benzene rings is 3. The molecular formula is C18H14FNO. The molecule has 3 heteroatoms. The number of halogens is 1. The van der Waals surface area contributed by atoms with Crippen LogP contribution in [0.2, 0.25) is 0 Å². The van der Waals surface area contributed by atoms with Gasteiger partial charge in [-0.25, -0.2) is 4.39 Å². The molecule has 0 heterocycles. The predicted octanol–water partition coefficient (Wildman–Crippen LogP) is 3.91. The van der Waals surface area contributed by atoms with Gasteiger partial charge in [0.15, 0.2) is 0 Å². The summed E-state index contributed by atoms with van der Waals surface area (Å²) in [5.41, 5.74) is 1.49. The minimum Gasteiger partial charge on any atom is -0.348 e. The molecule has 0 aliphatic heterocycles. The Kier molecular flexibility index (Phi) is 3.65. The first-order valence-corrected chi connectivity index (χ1v) is 6.74. The van der Waals surface area contributed by atoms with Crippen molar-refractivity contribution in [2.75, 3.05) is 0 Å². The van der Waals surface area contributed by atoms with Crippen molar-refractivity contribution >= 4 is 16.7 Å². The van der Waals surface area contributed by atoms with E-state index in [1.165, 1.54) is 29.7 Å². The van der Waals surface area contributed by atoms with Crippen molar-refractivity contribution in [1.82, 2.24) is 5.32 Å². The van der Waals surface area contributed by atoms with E-state index in [-0.39, 0.29) is 11.7 Å². The molecule has 0 radical (unpaired) electrons. The van der Waals surface area contributed by atoms with Crippen molar-refractivity contribution < 1.29 is 9.18 Å². The number of amides is 1. The Hall–Kier alpha value is -2.68. The zero-order chi connectivity index (χ0) is 14.7. The van der Waals surface area contributed by atoms with Crippen LogP contribution in [-0.4, -0.2) is 5.91 Å². The number of hydrogen-bond acceptors (Lipinski definition) is 1. The second-order valence-electron chi connectivity index (χ2n) is 4.87. The van der Waals surface area contributed by atoms with Crippen molar-refractivity contribution in [3.63, 3.8) is 0 Å². The summed E-state index contributed by atoms with van der Waals surface area (Å²) in [6.07, 6.45) is 0. The number of carbonyl (C=O) groups is 1. The molecule has 0 fully saturated rings. The third kappa shape index (κ3) is 3.08. The second-order valence-corrected chi connectivity index (χ2v) is 4.87. The standard InChI is InChI=1S/C18H14FNO/c19-17-9-7-15(8-10-17)18(21)20-12-13-5-6-14-3-1-2-4-16(14)11-13/h1-11H,12H2,(H,20,21). The van der Waals surface area contributed by atoms with Crippen LogP contribution in [0.15, 0.2) is 66.7 Å². The van der Waals surface area contributed by atoms with E-state index in [9.17, 15) is 9.18 Å². The topological polar surface area (TPSA) is 29.1 Å². The van der Waals surface area contributed by atoms with E-state index in [1.54, 1.807) is 0 Å². The van der Waals surface area contributed by atoms with Gasteiger partial charge in [-0.05, 0) is 46.7 Å². The van der Waals surface area contributed by atoms with Gasteiger partial charge < -0.3 is 5.32 Å². The maximum atomic E-state index is 12.8. The SMILES string of the molecule is O=C(NCc1ccc2ccccc2c1)c1ccc(F)cc1. The summed E-state index contributed by atoms with van der Waals surface area (Å²) < 4.78 is 12.8. The lowest BCUT2D eigenvalue weighted by atomic mass is 10.1. The van der Waals surface area contributed by atoms with Crippen molar-refractivity contribution in [1.29, 1.82) is 0 Å². The minimum atomic E-state index is -0.346. The van der Waals surface area contributed by atoms with Gasteiger partial charge in [0.25, 0.3) is 5.91 Å². The number of hydrogen-bond donors (Lipinski definition) is 1. The smallest absolute Gasteiger partial charge is 0.251 e. The van der Waals surface area contributed by atoms with Crippen LogP contribution in [0.25, 0.3) is 10.8 Å². The summed E-state index contributed by atoms with van der Waals surface area (Å²) in [4.78, 5) is 12.0.